The van der Waals surface area contributed by atoms with Crippen LogP contribution in [0.3, 0.4) is 0 Å². The number of phenols is 2. The van der Waals surface area contributed by atoms with Crippen molar-refractivity contribution in [2.75, 3.05) is 12.0 Å². The molecule has 222 valence electrons. The zero-order valence-corrected chi connectivity index (χ0v) is 23.2. The van der Waals surface area contributed by atoms with Crippen molar-refractivity contribution in [1.29, 1.82) is 0 Å². The Morgan fingerprint density at radius 3 is 1.66 bits per heavy atom. The smallest absolute Gasteiger partial charge is 0.326 e. The number of aromatic hydroxyl groups is 2. The largest absolute Gasteiger partial charge is 0.508 e. The van der Waals surface area contributed by atoms with E-state index in [9.17, 15) is 39.3 Å². The molecule has 4 atom stereocenters. The molecule has 0 saturated carbocycles. The molecule has 2 rings (SSSR count). The lowest BCUT2D eigenvalue weighted by atomic mass is 10.0. The van der Waals surface area contributed by atoms with Gasteiger partial charge in [0.1, 0.15) is 29.6 Å². The molecule has 0 saturated heterocycles. The Kier molecular flexibility index (Phi) is 12.9. The number of carbonyl (C=O) groups excluding carboxylic acids is 4. The summed E-state index contributed by atoms with van der Waals surface area (Å²) in [6, 6.07) is 6.48. The number of aliphatic carboxylic acids is 1. The van der Waals surface area contributed by atoms with Gasteiger partial charge in [0.25, 0.3) is 0 Å². The summed E-state index contributed by atoms with van der Waals surface area (Å²) in [6.07, 6.45) is 1.37. The molecule has 4 unspecified atom stereocenters. The quantitative estimate of drug-likeness (QED) is 0.123. The third-order valence-electron chi connectivity index (χ3n) is 6.01. The molecule has 0 spiro atoms. The average Bonchev–Trinajstić information content (AvgIpc) is 2.92. The molecule has 2 aromatic rings. The first kappa shape index (κ1) is 32.9. The lowest BCUT2D eigenvalue weighted by Crippen LogP contribution is -2.58. The highest BCUT2D eigenvalue weighted by atomic mass is 32.2. The van der Waals surface area contributed by atoms with E-state index in [1.807, 2.05) is 6.26 Å². The van der Waals surface area contributed by atoms with Crippen molar-refractivity contribution in [2.45, 2.75) is 49.9 Å². The molecule has 0 radical (unpaired) electrons. The summed E-state index contributed by atoms with van der Waals surface area (Å²) in [6.45, 7) is 0. The number of benzene rings is 2. The molecular weight excluding hydrogens is 554 g/mol. The van der Waals surface area contributed by atoms with Gasteiger partial charge in [-0.25, -0.2) is 4.79 Å². The van der Waals surface area contributed by atoms with Crippen molar-refractivity contribution >= 4 is 41.4 Å². The van der Waals surface area contributed by atoms with Crippen LogP contribution in [0.5, 0.6) is 11.5 Å². The molecule has 0 aliphatic heterocycles. The van der Waals surface area contributed by atoms with E-state index in [1.165, 1.54) is 48.2 Å². The third kappa shape index (κ3) is 11.4. The van der Waals surface area contributed by atoms with Crippen LogP contribution in [-0.2, 0) is 36.8 Å². The Hall–Kier alpha value is -4.30. The number of carbonyl (C=O) groups is 5. The van der Waals surface area contributed by atoms with Crippen LogP contribution in [-0.4, -0.2) is 81.1 Å². The second-order valence-corrected chi connectivity index (χ2v) is 10.3. The minimum Gasteiger partial charge on any atom is -0.508 e. The second kappa shape index (κ2) is 16.1. The Labute approximate surface area is 241 Å². The molecule has 0 aliphatic rings. The van der Waals surface area contributed by atoms with Crippen molar-refractivity contribution < 1.29 is 39.3 Å². The SMILES string of the molecule is CSCCC(N)C(=O)NC(Cc1ccc(O)cc1)C(=O)NC(CC(N)=O)C(=O)NC(Cc1ccc(O)cc1)C(=O)O. The minimum absolute atomic E-state index is 0.00337. The predicted octanol–water partition coefficient (Wildman–Crippen LogP) is -0.622. The number of thioether (sulfide) groups is 1. The fourth-order valence-electron chi connectivity index (χ4n) is 3.75. The Morgan fingerprint density at radius 2 is 1.20 bits per heavy atom. The number of primary amides is 1. The maximum atomic E-state index is 13.3. The van der Waals surface area contributed by atoms with E-state index in [4.69, 9.17) is 11.5 Å². The van der Waals surface area contributed by atoms with Gasteiger partial charge in [-0.15, -0.1) is 0 Å². The van der Waals surface area contributed by atoms with Gasteiger partial charge in [-0.05, 0) is 53.8 Å². The van der Waals surface area contributed by atoms with E-state index in [2.05, 4.69) is 16.0 Å². The number of rotatable bonds is 16. The zero-order chi connectivity index (χ0) is 30.5. The number of nitrogens with two attached hydrogens (primary N) is 2. The van der Waals surface area contributed by atoms with Gasteiger partial charge in [0, 0.05) is 12.8 Å². The van der Waals surface area contributed by atoms with Gasteiger partial charge in [0.2, 0.25) is 23.6 Å². The molecule has 0 bridgehead atoms. The first-order valence-electron chi connectivity index (χ1n) is 12.6. The molecule has 4 amide bonds. The molecule has 0 aliphatic carbocycles. The van der Waals surface area contributed by atoms with Gasteiger partial charge < -0.3 is 42.7 Å². The molecule has 14 heteroatoms. The number of hydrogen-bond donors (Lipinski definition) is 8. The number of phenolic OH excluding ortho intramolecular Hbond substituents is 2. The highest BCUT2D eigenvalue weighted by Gasteiger charge is 2.31. The van der Waals surface area contributed by atoms with Crippen molar-refractivity contribution in [3.8, 4) is 11.5 Å². The summed E-state index contributed by atoms with van der Waals surface area (Å²) < 4.78 is 0. The summed E-state index contributed by atoms with van der Waals surface area (Å²) in [7, 11) is 0. The number of carboxylic acids is 1. The van der Waals surface area contributed by atoms with Crippen molar-refractivity contribution in [1.82, 2.24) is 16.0 Å². The highest BCUT2D eigenvalue weighted by molar-refractivity contribution is 7.98. The monoisotopic (exact) mass is 589 g/mol. The van der Waals surface area contributed by atoms with Crippen LogP contribution in [0, 0.1) is 0 Å². The van der Waals surface area contributed by atoms with Crippen LogP contribution in [0.4, 0.5) is 0 Å². The maximum absolute atomic E-state index is 13.3. The van der Waals surface area contributed by atoms with Gasteiger partial charge in [0.05, 0.1) is 12.5 Å². The Morgan fingerprint density at radius 1 is 0.756 bits per heavy atom. The Bertz CT molecular complexity index is 1210. The van der Waals surface area contributed by atoms with E-state index in [1.54, 1.807) is 12.1 Å². The summed E-state index contributed by atoms with van der Waals surface area (Å²) >= 11 is 1.50. The van der Waals surface area contributed by atoms with Gasteiger partial charge in [-0.3, -0.25) is 19.2 Å². The summed E-state index contributed by atoms with van der Waals surface area (Å²) in [5.74, 6) is -4.14. The van der Waals surface area contributed by atoms with E-state index >= 15 is 0 Å². The first-order chi connectivity index (χ1) is 19.4. The van der Waals surface area contributed by atoms with Gasteiger partial charge >= 0.3 is 5.97 Å². The van der Waals surface area contributed by atoms with Crippen LogP contribution in [0.2, 0.25) is 0 Å². The fourth-order valence-corrected chi connectivity index (χ4v) is 4.24. The van der Waals surface area contributed by atoms with Crippen LogP contribution in [0.25, 0.3) is 0 Å². The lowest BCUT2D eigenvalue weighted by molar-refractivity contribution is -0.142. The zero-order valence-electron chi connectivity index (χ0n) is 22.4. The fraction of sp³-hybridized carbons (Fsp3) is 0.370. The van der Waals surface area contributed by atoms with E-state index < -0.39 is 60.2 Å². The van der Waals surface area contributed by atoms with Crippen LogP contribution in [0.1, 0.15) is 24.0 Å². The molecule has 0 heterocycles. The highest BCUT2D eigenvalue weighted by Crippen LogP contribution is 2.13. The molecule has 10 N–H and O–H groups in total. The van der Waals surface area contributed by atoms with Crippen molar-refractivity contribution in [3.05, 3.63) is 59.7 Å². The standard InChI is InChI=1S/C27H35N5O8S/c1-41-11-10-19(28)24(36)30-20(12-15-2-6-17(33)7-3-15)25(37)31-21(14-23(29)35)26(38)32-22(27(39)40)13-16-4-8-18(34)9-5-16/h2-9,19-22,33-34H,10-14,28H2,1H3,(H2,29,35)(H,30,36)(H,31,37)(H,32,38)(H,39,40). The van der Waals surface area contributed by atoms with Gasteiger partial charge in [-0.1, -0.05) is 24.3 Å². The Balaban J connectivity index is 2.23. The number of carboxylic acid groups (broad SMARTS) is 1. The second-order valence-electron chi connectivity index (χ2n) is 9.32. The number of nitrogens with one attached hydrogen (secondary N) is 3. The number of hydrogen-bond acceptors (Lipinski definition) is 9. The molecule has 41 heavy (non-hydrogen) atoms. The van der Waals surface area contributed by atoms with Gasteiger partial charge in [0.15, 0.2) is 0 Å². The van der Waals surface area contributed by atoms with E-state index in [0.717, 1.165) is 0 Å². The first-order valence-corrected chi connectivity index (χ1v) is 14.0. The molecular formula is C27H35N5O8S. The van der Waals surface area contributed by atoms with Crippen LogP contribution in [0.15, 0.2) is 48.5 Å². The van der Waals surface area contributed by atoms with E-state index in [0.29, 0.717) is 23.3 Å². The van der Waals surface area contributed by atoms with Crippen LogP contribution >= 0.6 is 11.8 Å². The number of amides is 4. The topological polar surface area (TPSA) is 234 Å². The molecule has 0 aromatic heterocycles. The minimum atomic E-state index is -1.55. The maximum Gasteiger partial charge on any atom is 0.326 e. The molecule has 0 fully saturated rings. The lowest BCUT2D eigenvalue weighted by Gasteiger charge is -2.25. The summed E-state index contributed by atoms with van der Waals surface area (Å²) in [4.78, 5) is 62.7. The molecule has 2 aromatic carbocycles. The van der Waals surface area contributed by atoms with E-state index in [-0.39, 0.29) is 24.3 Å². The van der Waals surface area contributed by atoms with Gasteiger partial charge in [-0.2, -0.15) is 11.8 Å². The summed E-state index contributed by atoms with van der Waals surface area (Å²) in [5.41, 5.74) is 12.3. The van der Waals surface area contributed by atoms with Crippen molar-refractivity contribution in [3.63, 3.8) is 0 Å². The predicted molar refractivity (Wildman–Crippen MR) is 152 cm³/mol. The molecule has 13 nitrogen and oxygen atoms in total. The average molecular weight is 590 g/mol. The summed E-state index contributed by atoms with van der Waals surface area (Å²) in [5, 5.41) is 35.9. The third-order valence-corrected chi connectivity index (χ3v) is 6.65. The van der Waals surface area contributed by atoms with Crippen molar-refractivity contribution in [2.24, 2.45) is 11.5 Å². The normalized spacial score (nSPS) is 13.7. The van der Waals surface area contributed by atoms with Crippen LogP contribution < -0.4 is 27.4 Å².